The van der Waals surface area contributed by atoms with Crippen LogP contribution in [0.2, 0.25) is 5.02 Å². The van der Waals surface area contributed by atoms with E-state index in [2.05, 4.69) is 10.6 Å². The van der Waals surface area contributed by atoms with Gasteiger partial charge in [-0.3, -0.25) is 14.9 Å². The summed E-state index contributed by atoms with van der Waals surface area (Å²) in [5.41, 5.74) is 0.166. The minimum Gasteiger partial charge on any atom is -0.444 e. The van der Waals surface area contributed by atoms with Crippen molar-refractivity contribution < 1.29 is 23.9 Å². The molecule has 180 valence electrons. The average Bonchev–Trinajstić information content (AvgIpc) is 2.71. The molecule has 0 aromatic heterocycles. The molecule has 0 bridgehead atoms. The zero-order chi connectivity index (χ0) is 24.4. The van der Waals surface area contributed by atoms with E-state index in [1.807, 2.05) is 20.8 Å². The number of hydrogen-bond donors (Lipinski definition) is 2. The Hall–Kier alpha value is -2.81. The Bertz CT molecular complexity index is 943. The van der Waals surface area contributed by atoms with Crippen molar-refractivity contribution in [3.05, 3.63) is 28.8 Å². The summed E-state index contributed by atoms with van der Waals surface area (Å²) in [5.74, 6) is -0.572. The molecule has 1 aromatic carbocycles. The first-order chi connectivity index (χ1) is 15.4. The lowest BCUT2D eigenvalue weighted by atomic mass is 9.72. The van der Waals surface area contributed by atoms with Crippen LogP contribution < -0.4 is 10.6 Å². The minimum absolute atomic E-state index is 0.0320. The van der Waals surface area contributed by atoms with E-state index in [9.17, 15) is 19.2 Å². The molecule has 2 fully saturated rings. The number of piperidine rings is 1. The van der Waals surface area contributed by atoms with Gasteiger partial charge in [0.2, 0.25) is 5.91 Å². The number of nitrogens with one attached hydrogen (secondary N) is 2. The van der Waals surface area contributed by atoms with Gasteiger partial charge >= 0.3 is 12.1 Å². The lowest BCUT2D eigenvalue weighted by molar-refractivity contribution is -0.119. The summed E-state index contributed by atoms with van der Waals surface area (Å²) in [6, 6.07) is 3.97. The minimum atomic E-state index is -0.701. The lowest BCUT2D eigenvalue weighted by Crippen LogP contribution is -2.62. The van der Waals surface area contributed by atoms with Gasteiger partial charge in [-0.25, -0.2) is 9.59 Å². The maximum Gasteiger partial charge on any atom is 0.410 e. The largest absolute Gasteiger partial charge is 0.444 e. The number of halogens is 1. The van der Waals surface area contributed by atoms with E-state index in [-0.39, 0.29) is 34.5 Å². The molecular weight excluding hydrogens is 448 g/mol. The third-order valence-electron chi connectivity index (χ3n) is 5.85. The summed E-state index contributed by atoms with van der Waals surface area (Å²) < 4.78 is 5.43. The molecule has 0 unspecified atom stereocenters. The van der Waals surface area contributed by atoms with Gasteiger partial charge in [-0.15, -0.1) is 0 Å². The molecular formula is C23H31ClN4O5. The fourth-order valence-corrected chi connectivity index (χ4v) is 4.19. The number of likely N-dealkylation sites (tertiary alicyclic amines) is 2. The van der Waals surface area contributed by atoms with E-state index in [1.54, 1.807) is 28.9 Å². The van der Waals surface area contributed by atoms with Crippen molar-refractivity contribution in [1.29, 1.82) is 0 Å². The Morgan fingerprint density at radius 2 is 1.73 bits per heavy atom. The van der Waals surface area contributed by atoms with Crippen LogP contribution >= 0.6 is 11.6 Å². The van der Waals surface area contributed by atoms with Crippen molar-refractivity contribution in [2.45, 2.75) is 52.6 Å². The van der Waals surface area contributed by atoms with Crippen molar-refractivity contribution in [3.63, 3.8) is 0 Å². The van der Waals surface area contributed by atoms with Gasteiger partial charge in [-0.05, 0) is 51.8 Å². The van der Waals surface area contributed by atoms with Crippen molar-refractivity contribution in [2.75, 3.05) is 31.5 Å². The normalized spacial score (nSPS) is 17.2. The topological polar surface area (TPSA) is 108 Å². The fourth-order valence-electron chi connectivity index (χ4n) is 4.02. The van der Waals surface area contributed by atoms with E-state index < -0.39 is 17.5 Å². The SMILES string of the molecule is CCC(=O)NC(=O)Nc1cc(C(=O)N2CCC3(CC2)CN(C(=O)OC(C)(C)C)C3)ccc1Cl. The van der Waals surface area contributed by atoms with Crippen molar-refractivity contribution in [1.82, 2.24) is 15.1 Å². The Morgan fingerprint density at radius 1 is 1.09 bits per heavy atom. The van der Waals surface area contributed by atoms with E-state index >= 15 is 0 Å². The Balaban J connectivity index is 1.55. The molecule has 2 heterocycles. The highest BCUT2D eigenvalue weighted by Crippen LogP contribution is 2.41. The molecule has 10 heteroatoms. The highest BCUT2D eigenvalue weighted by molar-refractivity contribution is 6.34. The number of amides is 5. The molecule has 0 radical (unpaired) electrons. The first-order valence-electron chi connectivity index (χ1n) is 11.1. The van der Waals surface area contributed by atoms with E-state index in [0.717, 1.165) is 12.8 Å². The molecule has 0 saturated carbocycles. The average molecular weight is 479 g/mol. The van der Waals surface area contributed by atoms with Gasteiger partial charge in [0.15, 0.2) is 0 Å². The number of rotatable bonds is 3. The third kappa shape index (κ3) is 6.16. The van der Waals surface area contributed by atoms with Crippen LogP contribution in [-0.2, 0) is 9.53 Å². The maximum atomic E-state index is 13.0. The van der Waals surface area contributed by atoms with Crippen LogP contribution in [0.15, 0.2) is 18.2 Å². The third-order valence-corrected chi connectivity index (χ3v) is 6.18. The van der Waals surface area contributed by atoms with Crippen molar-refractivity contribution in [3.8, 4) is 0 Å². The number of carbonyl (C=O) groups excluding carboxylic acids is 4. The molecule has 33 heavy (non-hydrogen) atoms. The maximum absolute atomic E-state index is 13.0. The molecule has 2 aliphatic rings. The summed E-state index contributed by atoms with van der Waals surface area (Å²) in [5, 5.41) is 4.96. The van der Waals surface area contributed by atoms with Gasteiger partial charge in [0.05, 0.1) is 10.7 Å². The lowest BCUT2D eigenvalue weighted by Gasteiger charge is -2.53. The van der Waals surface area contributed by atoms with E-state index in [1.165, 1.54) is 6.07 Å². The second-order valence-corrected chi connectivity index (χ2v) is 10.1. The number of anilines is 1. The summed E-state index contributed by atoms with van der Waals surface area (Å²) in [7, 11) is 0. The van der Waals surface area contributed by atoms with Crippen molar-refractivity contribution >= 4 is 41.2 Å². The predicted octanol–water partition coefficient (Wildman–Crippen LogP) is 3.87. The number of benzene rings is 1. The molecule has 2 saturated heterocycles. The van der Waals surface area contributed by atoms with Gasteiger partial charge in [-0.1, -0.05) is 18.5 Å². The Kier molecular flexibility index (Phi) is 7.21. The standard InChI is InChI=1S/C23H31ClN4O5/c1-5-18(29)26-20(31)25-17-12-15(6-7-16(17)24)19(30)27-10-8-23(9-11-27)13-28(14-23)21(32)33-22(2,3)4/h6-7,12H,5,8-11,13-14H2,1-4H3,(H2,25,26,29,31). The predicted molar refractivity (Wildman–Crippen MR) is 124 cm³/mol. The van der Waals surface area contributed by atoms with Gasteiger partial charge < -0.3 is 19.9 Å². The van der Waals surface area contributed by atoms with Crippen LogP contribution in [0.1, 0.15) is 57.3 Å². The molecule has 5 amide bonds. The number of urea groups is 1. The van der Waals surface area contributed by atoms with Crippen LogP contribution in [0.3, 0.4) is 0 Å². The van der Waals surface area contributed by atoms with Gasteiger partial charge in [0, 0.05) is 43.6 Å². The van der Waals surface area contributed by atoms with Gasteiger partial charge in [0.1, 0.15) is 5.60 Å². The van der Waals surface area contributed by atoms with E-state index in [0.29, 0.717) is 31.7 Å². The number of nitrogens with zero attached hydrogens (tertiary/aromatic N) is 2. The Morgan fingerprint density at radius 3 is 2.30 bits per heavy atom. The van der Waals surface area contributed by atoms with Crippen molar-refractivity contribution in [2.24, 2.45) is 5.41 Å². The van der Waals surface area contributed by atoms with Gasteiger partial charge in [0.25, 0.3) is 5.91 Å². The smallest absolute Gasteiger partial charge is 0.410 e. The number of hydrogen-bond acceptors (Lipinski definition) is 5. The number of ether oxygens (including phenoxy) is 1. The fraction of sp³-hybridized carbons (Fsp3) is 0.565. The highest BCUT2D eigenvalue weighted by Gasteiger charge is 2.48. The second kappa shape index (κ2) is 9.59. The summed E-state index contributed by atoms with van der Waals surface area (Å²) >= 11 is 6.15. The summed E-state index contributed by atoms with van der Waals surface area (Å²) in [6.07, 6.45) is 1.49. The molecule has 0 aliphatic carbocycles. The quantitative estimate of drug-likeness (QED) is 0.685. The zero-order valence-electron chi connectivity index (χ0n) is 19.5. The van der Waals surface area contributed by atoms with Crippen LogP contribution in [0, 0.1) is 5.41 Å². The van der Waals surface area contributed by atoms with Crippen LogP contribution in [0.25, 0.3) is 0 Å². The first-order valence-corrected chi connectivity index (χ1v) is 11.5. The summed E-state index contributed by atoms with van der Waals surface area (Å²) in [6.45, 7) is 9.62. The second-order valence-electron chi connectivity index (χ2n) is 9.68. The van der Waals surface area contributed by atoms with Gasteiger partial charge in [-0.2, -0.15) is 0 Å². The molecule has 0 atom stereocenters. The van der Waals surface area contributed by atoms with Crippen LogP contribution in [-0.4, -0.2) is 65.5 Å². The number of carbonyl (C=O) groups is 4. The molecule has 2 N–H and O–H groups in total. The highest BCUT2D eigenvalue weighted by atomic mass is 35.5. The first kappa shape index (κ1) is 24.8. The molecule has 1 aromatic rings. The monoisotopic (exact) mass is 478 g/mol. The molecule has 3 rings (SSSR count). The van der Waals surface area contributed by atoms with Crippen LogP contribution in [0.5, 0.6) is 0 Å². The summed E-state index contributed by atoms with van der Waals surface area (Å²) in [4.78, 5) is 52.1. The Labute approximate surface area is 198 Å². The van der Waals surface area contributed by atoms with E-state index in [4.69, 9.17) is 16.3 Å². The molecule has 9 nitrogen and oxygen atoms in total. The number of imide groups is 1. The molecule has 2 aliphatic heterocycles. The molecule has 1 spiro atoms. The van der Waals surface area contributed by atoms with Crippen LogP contribution in [0.4, 0.5) is 15.3 Å². The zero-order valence-corrected chi connectivity index (χ0v) is 20.3.